The quantitative estimate of drug-likeness (QED) is 0.765. The zero-order chi connectivity index (χ0) is 12.1. The summed E-state index contributed by atoms with van der Waals surface area (Å²) in [6.07, 6.45) is 1.41. The van der Waals surface area contributed by atoms with Gasteiger partial charge in [-0.2, -0.15) is 0 Å². The van der Waals surface area contributed by atoms with Crippen molar-refractivity contribution in [3.63, 3.8) is 0 Å². The minimum atomic E-state index is -0.164. The Bertz CT molecular complexity index is 346. The number of anilines is 1. The molecule has 0 aromatic carbocycles. The van der Waals surface area contributed by atoms with E-state index in [2.05, 4.69) is 19.9 Å². The van der Waals surface area contributed by atoms with Gasteiger partial charge in [-0.05, 0) is 0 Å². The van der Waals surface area contributed by atoms with E-state index < -0.39 is 0 Å². The van der Waals surface area contributed by atoms with Crippen LogP contribution in [0.25, 0.3) is 0 Å². The number of aliphatic hydroxyl groups excluding tert-OH is 1. The van der Waals surface area contributed by atoms with Crippen LogP contribution >= 0.6 is 0 Å². The molecule has 2 amide bonds. The zero-order valence-corrected chi connectivity index (χ0v) is 9.50. The van der Waals surface area contributed by atoms with E-state index >= 15 is 0 Å². The molecule has 2 rings (SSSR count). The number of aromatic nitrogens is 1. The number of piperazine rings is 1. The maximum Gasteiger partial charge on any atom is 0.323 e. The SMILES string of the molecule is O=C(Nc1ccon1)N1CCN(CCO)CC1. The van der Waals surface area contributed by atoms with Crippen LogP contribution in [0.2, 0.25) is 0 Å². The number of nitrogens with zero attached hydrogens (tertiary/aromatic N) is 3. The monoisotopic (exact) mass is 240 g/mol. The molecule has 0 radical (unpaired) electrons. The Hall–Kier alpha value is -1.60. The van der Waals surface area contributed by atoms with Gasteiger partial charge in [0.25, 0.3) is 0 Å². The molecule has 94 valence electrons. The summed E-state index contributed by atoms with van der Waals surface area (Å²) >= 11 is 0. The molecule has 0 unspecified atom stereocenters. The van der Waals surface area contributed by atoms with E-state index in [-0.39, 0.29) is 12.6 Å². The molecule has 2 N–H and O–H groups in total. The highest BCUT2D eigenvalue weighted by Gasteiger charge is 2.20. The predicted molar refractivity (Wildman–Crippen MR) is 60.6 cm³/mol. The summed E-state index contributed by atoms with van der Waals surface area (Å²) in [7, 11) is 0. The normalized spacial score (nSPS) is 17.1. The van der Waals surface area contributed by atoms with Crippen molar-refractivity contribution in [1.29, 1.82) is 0 Å². The Kier molecular flexibility index (Phi) is 3.94. The maximum absolute atomic E-state index is 11.8. The molecule has 17 heavy (non-hydrogen) atoms. The molecular weight excluding hydrogens is 224 g/mol. The summed E-state index contributed by atoms with van der Waals surface area (Å²) in [4.78, 5) is 15.6. The van der Waals surface area contributed by atoms with Crippen LogP contribution in [0.3, 0.4) is 0 Å². The summed E-state index contributed by atoms with van der Waals surface area (Å²) in [5, 5.41) is 15.1. The fourth-order valence-electron chi connectivity index (χ4n) is 1.78. The molecule has 1 fully saturated rings. The minimum absolute atomic E-state index is 0.158. The first-order valence-corrected chi connectivity index (χ1v) is 5.59. The largest absolute Gasteiger partial charge is 0.395 e. The average molecular weight is 240 g/mol. The molecule has 1 aliphatic heterocycles. The van der Waals surface area contributed by atoms with E-state index in [1.165, 1.54) is 6.26 Å². The van der Waals surface area contributed by atoms with Crippen LogP contribution in [0.15, 0.2) is 16.9 Å². The number of hydrogen-bond acceptors (Lipinski definition) is 5. The second-order valence-electron chi connectivity index (χ2n) is 3.87. The van der Waals surface area contributed by atoms with E-state index in [1.807, 2.05) is 0 Å². The van der Waals surface area contributed by atoms with Gasteiger partial charge in [0.15, 0.2) is 5.82 Å². The highest BCUT2D eigenvalue weighted by Crippen LogP contribution is 2.06. The Labute approximate surface area is 99.0 Å². The van der Waals surface area contributed by atoms with E-state index in [0.29, 0.717) is 25.5 Å². The topological polar surface area (TPSA) is 81.8 Å². The maximum atomic E-state index is 11.8. The van der Waals surface area contributed by atoms with Gasteiger partial charge in [0, 0.05) is 38.8 Å². The summed E-state index contributed by atoms with van der Waals surface area (Å²) in [5.74, 6) is 0.424. The van der Waals surface area contributed by atoms with Crippen molar-refractivity contribution in [3.8, 4) is 0 Å². The lowest BCUT2D eigenvalue weighted by Crippen LogP contribution is -2.50. The highest BCUT2D eigenvalue weighted by atomic mass is 16.5. The van der Waals surface area contributed by atoms with Gasteiger partial charge in [-0.1, -0.05) is 5.16 Å². The van der Waals surface area contributed by atoms with Crippen LogP contribution in [0.5, 0.6) is 0 Å². The van der Waals surface area contributed by atoms with Crippen molar-refractivity contribution < 1.29 is 14.4 Å². The van der Waals surface area contributed by atoms with Crippen molar-refractivity contribution in [3.05, 3.63) is 12.3 Å². The second kappa shape index (κ2) is 5.65. The smallest absolute Gasteiger partial charge is 0.323 e. The van der Waals surface area contributed by atoms with Crippen LogP contribution < -0.4 is 5.32 Å². The summed E-state index contributed by atoms with van der Waals surface area (Å²) in [5.41, 5.74) is 0. The summed E-state index contributed by atoms with van der Waals surface area (Å²) < 4.78 is 4.63. The van der Waals surface area contributed by atoms with Crippen LogP contribution in [0.1, 0.15) is 0 Å². The minimum Gasteiger partial charge on any atom is -0.395 e. The Morgan fingerprint density at radius 1 is 1.47 bits per heavy atom. The van der Waals surface area contributed by atoms with Gasteiger partial charge in [0.2, 0.25) is 0 Å². The lowest BCUT2D eigenvalue weighted by Gasteiger charge is -2.34. The lowest BCUT2D eigenvalue weighted by molar-refractivity contribution is 0.127. The van der Waals surface area contributed by atoms with Gasteiger partial charge in [0.1, 0.15) is 6.26 Å². The van der Waals surface area contributed by atoms with Crippen LogP contribution in [0, 0.1) is 0 Å². The number of nitrogens with one attached hydrogen (secondary N) is 1. The molecule has 1 aromatic rings. The molecule has 7 heteroatoms. The zero-order valence-electron chi connectivity index (χ0n) is 9.50. The van der Waals surface area contributed by atoms with E-state index in [1.54, 1.807) is 11.0 Å². The van der Waals surface area contributed by atoms with Gasteiger partial charge in [-0.3, -0.25) is 10.2 Å². The van der Waals surface area contributed by atoms with E-state index in [0.717, 1.165) is 13.1 Å². The Morgan fingerprint density at radius 3 is 2.82 bits per heavy atom. The third-order valence-corrected chi connectivity index (χ3v) is 2.75. The molecule has 1 aliphatic rings. The first-order chi connectivity index (χ1) is 8.29. The molecular formula is C10H16N4O3. The number of β-amino-alcohol motifs (C(OH)–C–C–N with tert-alkyl or cyclic N) is 1. The molecule has 0 aliphatic carbocycles. The van der Waals surface area contributed by atoms with Gasteiger partial charge in [0.05, 0.1) is 6.61 Å². The summed E-state index contributed by atoms with van der Waals surface area (Å²) in [6, 6.07) is 1.43. The number of carbonyl (C=O) groups is 1. The lowest BCUT2D eigenvalue weighted by atomic mass is 10.3. The van der Waals surface area contributed by atoms with Crippen molar-refractivity contribution in [2.75, 3.05) is 44.6 Å². The highest BCUT2D eigenvalue weighted by molar-refractivity contribution is 5.88. The van der Waals surface area contributed by atoms with E-state index in [4.69, 9.17) is 5.11 Å². The van der Waals surface area contributed by atoms with Crippen LogP contribution in [-0.2, 0) is 0 Å². The van der Waals surface area contributed by atoms with Gasteiger partial charge >= 0.3 is 6.03 Å². The van der Waals surface area contributed by atoms with Crippen molar-refractivity contribution in [2.45, 2.75) is 0 Å². The van der Waals surface area contributed by atoms with Gasteiger partial charge in [-0.25, -0.2) is 4.79 Å². The first-order valence-electron chi connectivity index (χ1n) is 5.59. The number of aliphatic hydroxyl groups is 1. The van der Waals surface area contributed by atoms with Gasteiger partial charge in [-0.15, -0.1) is 0 Å². The molecule has 1 aromatic heterocycles. The standard InChI is InChI=1S/C10H16N4O3/c15-7-6-13-2-4-14(5-3-13)10(16)11-9-1-8-17-12-9/h1,8,15H,2-7H2,(H,11,12,16). The number of hydrogen-bond donors (Lipinski definition) is 2. The average Bonchev–Trinajstić information content (AvgIpc) is 2.83. The molecule has 0 saturated carbocycles. The fraction of sp³-hybridized carbons (Fsp3) is 0.600. The fourth-order valence-corrected chi connectivity index (χ4v) is 1.78. The third kappa shape index (κ3) is 3.18. The molecule has 1 saturated heterocycles. The molecule has 0 spiro atoms. The second-order valence-corrected chi connectivity index (χ2v) is 3.87. The van der Waals surface area contributed by atoms with Crippen molar-refractivity contribution in [2.24, 2.45) is 0 Å². The van der Waals surface area contributed by atoms with Gasteiger partial charge < -0.3 is 14.5 Å². The Balaban J connectivity index is 1.78. The number of rotatable bonds is 3. The van der Waals surface area contributed by atoms with Crippen LogP contribution in [0.4, 0.5) is 10.6 Å². The third-order valence-electron chi connectivity index (χ3n) is 2.75. The number of carbonyl (C=O) groups excluding carboxylic acids is 1. The predicted octanol–water partition coefficient (Wildman–Crippen LogP) is -0.184. The van der Waals surface area contributed by atoms with E-state index in [9.17, 15) is 4.79 Å². The summed E-state index contributed by atoms with van der Waals surface area (Å²) in [6.45, 7) is 3.71. The molecule has 0 bridgehead atoms. The number of amides is 2. The molecule has 7 nitrogen and oxygen atoms in total. The number of urea groups is 1. The van der Waals surface area contributed by atoms with Crippen molar-refractivity contribution >= 4 is 11.8 Å². The van der Waals surface area contributed by atoms with Crippen LogP contribution in [-0.4, -0.2) is 65.4 Å². The molecule has 2 heterocycles. The molecule has 0 atom stereocenters. The Morgan fingerprint density at radius 2 is 2.24 bits per heavy atom. The van der Waals surface area contributed by atoms with Crippen molar-refractivity contribution in [1.82, 2.24) is 15.0 Å². The first kappa shape index (κ1) is 11.9.